The Hall–Kier alpha value is -0.280. The molecule has 0 aromatic heterocycles. The Morgan fingerprint density at radius 1 is 1.29 bits per heavy atom. The second kappa shape index (κ2) is 6.05. The van der Waals surface area contributed by atoms with Gasteiger partial charge in [0, 0.05) is 13.1 Å². The molecule has 1 N–H and O–H groups in total. The predicted octanol–water partition coefficient (Wildman–Crippen LogP) is 2.20. The normalized spacial score (nSPS) is 30.8. The van der Waals surface area contributed by atoms with E-state index in [0.717, 1.165) is 32.0 Å². The maximum absolute atomic E-state index is 12.4. The van der Waals surface area contributed by atoms with E-state index in [1.54, 1.807) is 0 Å². The Kier molecular flexibility index (Phi) is 5.26. The number of nitrogens with one attached hydrogen (secondary N) is 1. The van der Waals surface area contributed by atoms with Gasteiger partial charge in [-0.3, -0.25) is 4.79 Å². The van der Waals surface area contributed by atoms with Crippen molar-refractivity contribution in [3.05, 3.63) is 0 Å². The minimum Gasteiger partial charge on any atom is -0.341 e. The number of rotatable bonds is 1. The van der Waals surface area contributed by atoms with Crippen LogP contribution in [-0.4, -0.2) is 36.0 Å². The number of carbonyl (C=O) groups excluding carboxylic acids is 1. The first-order valence-electron chi connectivity index (χ1n) is 6.66. The van der Waals surface area contributed by atoms with Crippen LogP contribution in [0.25, 0.3) is 0 Å². The first-order valence-corrected chi connectivity index (χ1v) is 6.66. The van der Waals surface area contributed by atoms with Crippen molar-refractivity contribution in [1.29, 1.82) is 0 Å². The summed E-state index contributed by atoms with van der Waals surface area (Å²) in [6, 6.07) is 0. The summed E-state index contributed by atoms with van der Waals surface area (Å²) in [5, 5.41) is 3.41. The van der Waals surface area contributed by atoms with Gasteiger partial charge in [0.15, 0.2) is 0 Å². The van der Waals surface area contributed by atoms with Gasteiger partial charge in [-0.1, -0.05) is 6.92 Å². The molecular formula is C13H25ClN2O. The topological polar surface area (TPSA) is 32.3 Å². The van der Waals surface area contributed by atoms with Crippen LogP contribution >= 0.6 is 12.4 Å². The first-order chi connectivity index (χ1) is 7.62. The van der Waals surface area contributed by atoms with Crippen molar-refractivity contribution in [3.63, 3.8) is 0 Å². The highest BCUT2D eigenvalue weighted by atomic mass is 35.5. The zero-order valence-corrected chi connectivity index (χ0v) is 11.8. The molecule has 0 aromatic rings. The second-order valence-corrected chi connectivity index (χ2v) is 5.69. The van der Waals surface area contributed by atoms with E-state index in [4.69, 9.17) is 0 Å². The van der Waals surface area contributed by atoms with Gasteiger partial charge in [-0.2, -0.15) is 0 Å². The highest BCUT2D eigenvalue weighted by Crippen LogP contribution is 2.24. The SMILES string of the molecule is CC1CCN(C(=O)C2(C)CCCCN2)CC1.Cl. The molecule has 2 fully saturated rings. The van der Waals surface area contributed by atoms with Crippen LogP contribution in [0.2, 0.25) is 0 Å². The Morgan fingerprint density at radius 2 is 1.94 bits per heavy atom. The molecule has 2 saturated heterocycles. The van der Waals surface area contributed by atoms with Crippen LogP contribution in [0.1, 0.15) is 46.0 Å². The summed E-state index contributed by atoms with van der Waals surface area (Å²) >= 11 is 0. The van der Waals surface area contributed by atoms with E-state index in [-0.39, 0.29) is 17.9 Å². The number of piperidine rings is 2. The van der Waals surface area contributed by atoms with Crippen LogP contribution < -0.4 is 5.32 Å². The molecule has 1 unspecified atom stereocenters. The van der Waals surface area contributed by atoms with E-state index in [1.165, 1.54) is 25.7 Å². The van der Waals surface area contributed by atoms with E-state index in [2.05, 4.69) is 24.1 Å². The summed E-state index contributed by atoms with van der Waals surface area (Å²) in [7, 11) is 0. The molecule has 3 nitrogen and oxygen atoms in total. The van der Waals surface area contributed by atoms with Crippen LogP contribution in [0.15, 0.2) is 0 Å². The molecule has 0 spiro atoms. The van der Waals surface area contributed by atoms with Crippen molar-refractivity contribution in [2.24, 2.45) is 5.92 Å². The fourth-order valence-corrected chi connectivity index (χ4v) is 2.80. The predicted molar refractivity (Wildman–Crippen MR) is 72.5 cm³/mol. The van der Waals surface area contributed by atoms with Crippen molar-refractivity contribution in [2.45, 2.75) is 51.5 Å². The van der Waals surface area contributed by atoms with Crippen LogP contribution in [0.4, 0.5) is 0 Å². The third-order valence-electron chi connectivity index (χ3n) is 4.16. The molecule has 0 aliphatic carbocycles. The zero-order chi connectivity index (χ0) is 11.6. The van der Waals surface area contributed by atoms with Crippen LogP contribution in [0, 0.1) is 5.92 Å². The van der Waals surface area contributed by atoms with Crippen molar-refractivity contribution in [2.75, 3.05) is 19.6 Å². The van der Waals surface area contributed by atoms with Crippen molar-refractivity contribution >= 4 is 18.3 Å². The quantitative estimate of drug-likeness (QED) is 0.784. The summed E-state index contributed by atoms with van der Waals surface area (Å²) < 4.78 is 0. The fraction of sp³-hybridized carbons (Fsp3) is 0.923. The lowest BCUT2D eigenvalue weighted by molar-refractivity contribution is -0.140. The van der Waals surface area contributed by atoms with Crippen LogP contribution in [-0.2, 0) is 4.79 Å². The van der Waals surface area contributed by atoms with E-state index < -0.39 is 0 Å². The van der Waals surface area contributed by atoms with Gasteiger partial charge in [0.25, 0.3) is 0 Å². The van der Waals surface area contributed by atoms with E-state index >= 15 is 0 Å². The number of amides is 1. The molecule has 0 bridgehead atoms. The van der Waals surface area contributed by atoms with Gasteiger partial charge >= 0.3 is 0 Å². The molecular weight excluding hydrogens is 236 g/mol. The molecule has 2 heterocycles. The lowest BCUT2D eigenvalue weighted by Gasteiger charge is -2.40. The number of nitrogens with zero attached hydrogens (tertiary/aromatic N) is 1. The molecule has 2 rings (SSSR count). The number of halogens is 1. The fourth-order valence-electron chi connectivity index (χ4n) is 2.80. The van der Waals surface area contributed by atoms with Crippen molar-refractivity contribution < 1.29 is 4.79 Å². The smallest absolute Gasteiger partial charge is 0.242 e. The van der Waals surface area contributed by atoms with E-state index in [0.29, 0.717) is 5.91 Å². The molecule has 2 aliphatic rings. The molecule has 1 amide bonds. The molecule has 4 heteroatoms. The lowest BCUT2D eigenvalue weighted by atomic mass is 9.88. The standard InChI is InChI=1S/C13H24N2O.ClH/c1-11-5-9-15(10-6-11)12(16)13(2)7-3-4-8-14-13;/h11,14H,3-10H2,1-2H3;1H. The number of hydrogen-bond donors (Lipinski definition) is 1. The van der Waals surface area contributed by atoms with Gasteiger partial charge < -0.3 is 10.2 Å². The number of hydrogen-bond acceptors (Lipinski definition) is 2. The largest absolute Gasteiger partial charge is 0.341 e. The van der Waals surface area contributed by atoms with Crippen molar-refractivity contribution in [3.8, 4) is 0 Å². The Labute approximate surface area is 111 Å². The highest BCUT2D eigenvalue weighted by molar-refractivity contribution is 5.86. The first kappa shape index (κ1) is 14.8. The minimum absolute atomic E-state index is 0. The average Bonchev–Trinajstić information content (AvgIpc) is 2.30. The third-order valence-corrected chi connectivity index (χ3v) is 4.16. The second-order valence-electron chi connectivity index (χ2n) is 5.69. The summed E-state index contributed by atoms with van der Waals surface area (Å²) in [4.78, 5) is 14.5. The van der Waals surface area contributed by atoms with Crippen LogP contribution in [0.3, 0.4) is 0 Å². The van der Waals surface area contributed by atoms with Gasteiger partial charge in [0.05, 0.1) is 5.54 Å². The Bertz CT molecular complexity index is 256. The summed E-state index contributed by atoms with van der Waals surface area (Å²) in [5.74, 6) is 1.12. The van der Waals surface area contributed by atoms with Crippen molar-refractivity contribution in [1.82, 2.24) is 10.2 Å². The number of carbonyl (C=O) groups is 1. The summed E-state index contributed by atoms with van der Waals surface area (Å²) in [5.41, 5.74) is -0.279. The molecule has 0 radical (unpaired) electrons. The molecule has 0 aromatic carbocycles. The van der Waals surface area contributed by atoms with E-state index in [9.17, 15) is 4.79 Å². The molecule has 100 valence electrons. The number of likely N-dealkylation sites (tertiary alicyclic amines) is 1. The minimum atomic E-state index is -0.279. The molecule has 1 atom stereocenters. The maximum Gasteiger partial charge on any atom is 0.242 e. The third kappa shape index (κ3) is 3.35. The van der Waals surface area contributed by atoms with Gasteiger partial charge in [0.1, 0.15) is 0 Å². The van der Waals surface area contributed by atoms with Crippen LogP contribution in [0.5, 0.6) is 0 Å². The maximum atomic E-state index is 12.4. The summed E-state index contributed by atoms with van der Waals surface area (Å²) in [6.07, 6.45) is 5.72. The lowest BCUT2D eigenvalue weighted by Crippen LogP contribution is -2.59. The van der Waals surface area contributed by atoms with Gasteiger partial charge in [0.2, 0.25) is 5.91 Å². The summed E-state index contributed by atoms with van der Waals surface area (Å²) in [6.45, 7) is 7.26. The zero-order valence-electron chi connectivity index (χ0n) is 11.0. The highest BCUT2D eigenvalue weighted by Gasteiger charge is 2.38. The molecule has 17 heavy (non-hydrogen) atoms. The van der Waals surface area contributed by atoms with E-state index in [1.807, 2.05) is 0 Å². The monoisotopic (exact) mass is 260 g/mol. The average molecular weight is 261 g/mol. The van der Waals surface area contributed by atoms with Gasteiger partial charge in [-0.05, 0) is 51.5 Å². The Balaban J connectivity index is 0.00000144. The molecule has 0 saturated carbocycles. The van der Waals surface area contributed by atoms with Gasteiger partial charge in [-0.25, -0.2) is 0 Å². The Morgan fingerprint density at radius 3 is 2.47 bits per heavy atom. The molecule has 2 aliphatic heterocycles. The van der Waals surface area contributed by atoms with Gasteiger partial charge in [-0.15, -0.1) is 12.4 Å².